The van der Waals surface area contributed by atoms with Crippen LogP contribution >= 0.6 is 0 Å². The first-order valence-corrected chi connectivity index (χ1v) is 5.24. The maximum atomic E-state index is 9.41. The van der Waals surface area contributed by atoms with Crippen LogP contribution in [0.25, 0.3) is 0 Å². The summed E-state index contributed by atoms with van der Waals surface area (Å²) in [4.78, 5) is 0. The standard InChI is InChI=1S/C12H19NO3/c1-8(9(2)14)13-10-5-11(15-3)7-12(6-10)16-4/h5-9,13-14H,1-4H3. The smallest absolute Gasteiger partial charge is 0.124 e. The number of nitrogens with one attached hydrogen (secondary N) is 1. The monoisotopic (exact) mass is 225 g/mol. The Morgan fingerprint density at radius 2 is 1.56 bits per heavy atom. The lowest BCUT2D eigenvalue weighted by atomic mass is 10.2. The van der Waals surface area contributed by atoms with Gasteiger partial charge in [0, 0.05) is 29.9 Å². The van der Waals surface area contributed by atoms with Crippen molar-refractivity contribution in [2.24, 2.45) is 0 Å². The SMILES string of the molecule is COc1cc(NC(C)C(C)O)cc(OC)c1. The van der Waals surface area contributed by atoms with Gasteiger partial charge in [-0.3, -0.25) is 0 Å². The molecule has 0 amide bonds. The van der Waals surface area contributed by atoms with Crippen LogP contribution in [0.1, 0.15) is 13.8 Å². The molecule has 16 heavy (non-hydrogen) atoms. The third kappa shape index (κ3) is 3.31. The van der Waals surface area contributed by atoms with Crippen molar-refractivity contribution in [3.05, 3.63) is 18.2 Å². The van der Waals surface area contributed by atoms with Gasteiger partial charge in [-0.1, -0.05) is 0 Å². The third-order valence-corrected chi connectivity index (χ3v) is 2.47. The molecule has 0 saturated heterocycles. The summed E-state index contributed by atoms with van der Waals surface area (Å²) >= 11 is 0. The van der Waals surface area contributed by atoms with E-state index in [4.69, 9.17) is 9.47 Å². The molecule has 2 atom stereocenters. The van der Waals surface area contributed by atoms with Gasteiger partial charge in [0.15, 0.2) is 0 Å². The van der Waals surface area contributed by atoms with Crippen LogP contribution in [0.5, 0.6) is 11.5 Å². The Balaban J connectivity index is 2.86. The maximum absolute atomic E-state index is 9.41. The van der Waals surface area contributed by atoms with E-state index in [0.717, 1.165) is 17.2 Å². The van der Waals surface area contributed by atoms with Crippen LogP contribution in [0.2, 0.25) is 0 Å². The zero-order valence-corrected chi connectivity index (χ0v) is 10.2. The van der Waals surface area contributed by atoms with Crippen LogP contribution in [-0.4, -0.2) is 31.5 Å². The second-order valence-electron chi connectivity index (χ2n) is 3.77. The lowest BCUT2D eigenvalue weighted by molar-refractivity contribution is 0.178. The van der Waals surface area contributed by atoms with Gasteiger partial charge in [-0.2, -0.15) is 0 Å². The number of aliphatic hydroxyl groups excluding tert-OH is 1. The number of hydrogen-bond donors (Lipinski definition) is 2. The average Bonchev–Trinajstić information content (AvgIpc) is 2.28. The van der Waals surface area contributed by atoms with Gasteiger partial charge in [0.25, 0.3) is 0 Å². The van der Waals surface area contributed by atoms with Gasteiger partial charge in [-0.25, -0.2) is 0 Å². The van der Waals surface area contributed by atoms with Crippen LogP contribution in [0.15, 0.2) is 18.2 Å². The second kappa shape index (κ2) is 5.61. The lowest BCUT2D eigenvalue weighted by Crippen LogP contribution is -2.27. The molecule has 90 valence electrons. The summed E-state index contributed by atoms with van der Waals surface area (Å²) < 4.78 is 10.3. The summed E-state index contributed by atoms with van der Waals surface area (Å²) in [6, 6.07) is 5.50. The zero-order chi connectivity index (χ0) is 12.1. The Bertz CT molecular complexity index is 317. The van der Waals surface area contributed by atoms with E-state index < -0.39 is 6.10 Å². The van der Waals surface area contributed by atoms with Gasteiger partial charge < -0.3 is 19.9 Å². The first kappa shape index (κ1) is 12.6. The van der Waals surface area contributed by atoms with Crippen molar-refractivity contribution in [1.29, 1.82) is 0 Å². The predicted molar refractivity (Wildman–Crippen MR) is 64.3 cm³/mol. The molecule has 1 rings (SSSR count). The Morgan fingerprint density at radius 1 is 1.06 bits per heavy atom. The normalized spacial score (nSPS) is 14.1. The van der Waals surface area contributed by atoms with E-state index in [0.29, 0.717) is 0 Å². The zero-order valence-electron chi connectivity index (χ0n) is 10.2. The van der Waals surface area contributed by atoms with Crippen molar-refractivity contribution in [3.8, 4) is 11.5 Å². The Morgan fingerprint density at radius 3 is 1.94 bits per heavy atom. The van der Waals surface area contributed by atoms with E-state index in [1.165, 1.54) is 0 Å². The molecule has 0 aromatic heterocycles. The number of benzene rings is 1. The molecule has 2 N–H and O–H groups in total. The highest BCUT2D eigenvalue weighted by Gasteiger charge is 2.09. The van der Waals surface area contributed by atoms with Crippen molar-refractivity contribution in [2.45, 2.75) is 26.0 Å². The van der Waals surface area contributed by atoms with Crippen molar-refractivity contribution in [2.75, 3.05) is 19.5 Å². The molecule has 0 aliphatic carbocycles. The number of aliphatic hydroxyl groups is 1. The van der Waals surface area contributed by atoms with E-state index in [2.05, 4.69) is 5.32 Å². The molecule has 0 heterocycles. The molecule has 0 bridgehead atoms. The fourth-order valence-electron chi connectivity index (χ4n) is 1.27. The number of rotatable bonds is 5. The van der Waals surface area contributed by atoms with Crippen molar-refractivity contribution in [1.82, 2.24) is 0 Å². The van der Waals surface area contributed by atoms with Crippen LogP contribution in [0, 0.1) is 0 Å². The highest BCUT2D eigenvalue weighted by atomic mass is 16.5. The van der Waals surface area contributed by atoms with E-state index >= 15 is 0 Å². The average molecular weight is 225 g/mol. The number of methoxy groups -OCH3 is 2. The molecule has 1 aromatic rings. The molecule has 0 aliphatic rings. The van der Waals surface area contributed by atoms with Gasteiger partial charge in [0.1, 0.15) is 11.5 Å². The summed E-state index contributed by atoms with van der Waals surface area (Å²) in [6.07, 6.45) is -0.419. The number of hydrogen-bond acceptors (Lipinski definition) is 4. The first-order chi connectivity index (χ1) is 7.56. The molecule has 4 heteroatoms. The van der Waals surface area contributed by atoms with Crippen LogP contribution < -0.4 is 14.8 Å². The van der Waals surface area contributed by atoms with Crippen LogP contribution in [-0.2, 0) is 0 Å². The fourth-order valence-corrected chi connectivity index (χ4v) is 1.27. The Kier molecular flexibility index (Phi) is 4.43. The quantitative estimate of drug-likeness (QED) is 0.803. The molecular weight excluding hydrogens is 206 g/mol. The molecule has 0 radical (unpaired) electrons. The van der Waals surface area contributed by atoms with Gasteiger partial charge in [-0.15, -0.1) is 0 Å². The summed E-state index contributed by atoms with van der Waals surface area (Å²) in [5.41, 5.74) is 0.865. The third-order valence-electron chi connectivity index (χ3n) is 2.47. The largest absolute Gasteiger partial charge is 0.497 e. The van der Waals surface area contributed by atoms with Crippen molar-refractivity contribution in [3.63, 3.8) is 0 Å². The molecule has 4 nitrogen and oxygen atoms in total. The van der Waals surface area contributed by atoms with Gasteiger partial charge in [0.05, 0.1) is 20.3 Å². The van der Waals surface area contributed by atoms with Crippen molar-refractivity contribution >= 4 is 5.69 Å². The molecule has 0 fully saturated rings. The van der Waals surface area contributed by atoms with Crippen LogP contribution in [0.3, 0.4) is 0 Å². The molecule has 0 spiro atoms. The van der Waals surface area contributed by atoms with Crippen molar-refractivity contribution < 1.29 is 14.6 Å². The van der Waals surface area contributed by atoms with Gasteiger partial charge in [-0.05, 0) is 13.8 Å². The number of anilines is 1. The van der Waals surface area contributed by atoms with E-state index in [1.54, 1.807) is 27.2 Å². The second-order valence-corrected chi connectivity index (χ2v) is 3.77. The molecule has 1 aromatic carbocycles. The minimum Gasteiger partial charge on any atom is -0.497 e. The van der Waals surface area contributed by atoms with Gasteiger partial charge in [0.2, 0.25) is 0 Å². The summed E-state index contributed by atoms with van der Waals surface area (Å²) in [5.74, 6) is 1.44. The lowest BCUT2D eigenvalue weighted by Gasteiger charge is -2.18. The summed E-state index contributed by atoms with van der Waals surface area (Å²) in [5, 5.41) is 12.6. The Hall–Kier alpha value is -1.42. The summed E-state index contributed by atoms with van der Waals surface area (Å²) in [6.45, 7) is 3.66. The fraction of sp³-hybridized carbons (Fsp3) is 0.500. The maximum Gasteiger partial charge on any atom is 0.124 e. The topological polar surface area (TPSA) is 50.7 Å². The van der Waals surface area contributed by atoms with Crippen LogP contribution in [0.4, 0.5) is 5.69 Å². The molecular formula is C12H19NO3. The Labute approximate surface area is 96.2 Å². The molecule has 2 unspecified atom stereocenters. The predicted octanol–water partition coefficient (Wildman–Crippen LogP) is 1.88. The minimum absolute atomic E-state index is 0.0307. The highest BCUT2D eigenvalue weighted by molar-refractivity contribution is 5.54. The van der Waals surface area contributed by atoms with E-state index in [-0.39, 0.29) is 6.04 Å². The summed E-state index contributed by atoms with van der Waals surface area (Å²) in [7, 11) is 3.22. The highest BCUT2D eigenvalue weighted by Crippen LogP contribution is 2.26. The van der Waals surface area contributed by atoms with E-state index in [1.807, 2.05) is 19.1 Å². The first-order valence-electron chi connectivity index (χ1n) is 5.24. The van der Waals surface area contributed by atoms with Gasteiger partial charge >= 0.3 is 0 Å². The van der Waals surface area contributed by atoms with E-state index in [9.17, 15) is 5.11 Å². The molecule has 0 saturated carbocycles. The minimum atomic E-state index is -0.419. The molecule has 0 aliphatic heterocycles. The number of ether oxygens (including phenoxy) is 2.